The van der Waals surface area contributed by atoms with Crippen LogP contribution >= 0.6 is 0 Å². The van der Waals surface area contributed by atoms with Crippen molar-refractivity contribution in [1.82, 2.24) is 63.1 Å². The Hall–Kier alpha value is -12.0. The summed E-state index contributed by atoms with van der Waals surface area (Å²) in [4.78, 5) is 182. The molecule has 107 heavy (non-hydrogen) atoms. The molecule has 0 fully saturated rings. The second-order valence-electron chi connectivity index (χ2n) is 25.5. The average Bonchev–Trinajstić information content (AvgIpc) is 0.866. The van der Waals surface area contributed by atoms with Gasteiger partial charge in [-0.2, -0.15) is 13.2 Å². The summed E-state index contributed by atoms with van der Waals surface area (Å²) in [5.41, 5.74) is 4.20. The fourth-order valence-corrected chi connectivity index (χ4v) is 10.8. The minimum Gasteiger partial charge on any atom is -0.481 e. The maximum absolute atomic E-state index is 15.8. The fraction of sp³-hybridized carbons (Fsp3) is 0.361. The molecule has 1 aromatic heterocycles. The molecule has 0 radical (unpaired) electrons. The van der Waals surface area contributed by atoms with Crippen LogP contribution in [0.3, 0.4) is 0 Å². The van der Waals surface area contributed by atoms with E-state index in [1.54, 1.807) is 72.0 Å². The summed E-state index contributed by atoms with van der Waals surface area (Å²) in [5, 5.41) is 82.7. The first-order chi connectivity index (χ1) is 50.5. The van der Waals surface area contributed by atoms with E-state index in [-0.39, 0.29) is 18.4 Å². The first-order valence-electron chi connectivity index (χ1n) is 33.3. The Morgan fingerprint density at radius 1 is 0.495 bits per heavy atom. The van der Waals surface area contributed by atoms with Gasteiger partial charge in [0.2, 0.25) is 58.7 Å². The number of carbonyl (C=O) groups is 13. The monoisotopic (exact) mass is 1490 g/mol. The molecule has 11 atom stereocenters. The molecule has 0 saturated carbocycles. The number of aliphatic carboxylic acids is 3. The van der Waals surface area contributed by atoms with Crippen LogP contribution in [0.4, 0.5) is 13.2 Å². The highest BCUT2D eigenvalue weighted by Gasteiger charge is 2.65. The number of carbonyl (C=O) groups excluding carboxylic acids is 10. The molecule has 0 spiro atoms. The fourth-order valence-electron chi connectivity index (χ4n) is 10.8. The lowest BCUT2D eigenvalue weighted by Gasteiger charge is -2.39. The van der Waals surface area contributed by atoms with Gasteiger partial charge < -0.3 is 94.5 Å². The van der Waals surface area contributed by atoms with Crippen molar-refractivity contribution >= 4 is 77.0 Å². The quantitative estimate of drug-likeness (QED) is 0.0228. The first kappa shape index (κ1) is 84.0. The first-order valence-corrected chi connectivity index (χ1v) is 33.3. The van der Waals surface area contributed by atoms with Crippen LogP contribution in [0.1, 0.15) is 69.3 Å². The summed E-state index contributed by atoms with van der Waals surface area (Å²) in [6.07, 6.45) is -12.3. The molecule has 1 heterocycles. The van der Waals surface area contributed by atoms with Crippen molar-refractivity contribution in [2.75, 3.05) is 13.2 Å². The predicted molar refractivity (Wildman–Crippen MR) is 374 cm³/mol. The molecule has 0 aliphatic carbocycles. The van der Waals surface area contributed by atoms with E-state index in [4.69, 9.17) is 5.73 Å². The number of H-pyrrole nitrogens is 1. The molecule has 0 bridgehead atoms. The van der Waals surface area contributed by atoms with Gasteiger partial charge in [-0.1, -0.05) is 140 Å². The molecule has 0 unspecified atom stereocenters. The van der Waals surface area contributed by atoms with Crippen LogP contribution in [-0.4, -0.2) is 209 Å². The van der Waals surface area contributed by atoms with Crippen molar-refractivity contribution in [3.8, 4) is 22.3 Å². The molecule has 6 aromatic rings. The molecular formula is C72H84F3N13O19. The van der Waals surface area contributed by atoms with Gasteiger partial charge in [0.15, 0.2) is 0 Å². The maximum atomic E-state index is 15.8. The zero-order valence-electron chi connectivity index (χ0n) is 58.2. The number of hydrogen-bond acceptors (Lipinski definition) is 18. The highest BCUT2D eigenvalue weighted by Crippen LogP contribution is 2.35. The molecule has 5 aromatic carbocycles. The molecule has 19 N–H and O–H groups in total. The van der Waals surface area contributed by atoms with Gasteiger partial charge in [-0.05, 0) is 73.1 Å². The number of hydrogen-bond donors (Lipinski definition) is 18. The number of carboxylic acids is 3. The SMILES string of the molecule is C[C@@H](O)[C@H](NC(=O)CNC(=O)[C@H](CCC(=O)O)NC(=O)C(C)(C)NC(=O)[C@@H](N)Cc1c[nH]cn1)C(=O)N[C@@H](Cc1ccccc1)C(=O)N[C@](C(=O)N[C@@H](CO)C(=O)N[C@@H](CC(=O)O)C(=O)N[C@@H](Cc1ccc(-c2ccccc2)cc1)C(=O)N[C@@H](Cc1ccc(-c2ccccc2)cc1)C(=O)O)([C@@H](C)O)C(F)(F)F. The zero-order chi connectivity index (χ0) is 78.9. The number of nitrogens with two attached hydrogens (primary N) is 1. The van der Waals surface area contributed by atoms with Gasteiger partial charge in [0.25, 0.3) is 5.91 Å². The molecule has 6 rings (SSSR count). The Balaban J connectivity index is 1.18. The Morgan fingerprint density at radius 3 is 1.43 bits per heavy atom. The average molecular weight is 1490 g/mol. The summed E-state index contributed by atoms with van der Waals surface area (Å²) in [7, 11) is 0. The van der Waals surface area contributed by atoms with Gasteiger partial charge in [-0.15, -0.1) is 0 Å². The number of carboxylic acid groups (broad SMARTS) is 3. The van der Waals surface area contributed by atoms with E-state index in [1.807, 2.05) is 47.8 Å². The topological polar surface area (TPSA) is 518 Å². The molecule has 32 nitrogen and oxygen atoms in total. The summed E-state index contributed by atoms with van der Waals surface area (Å²) >= 11 is 0. The standard InChI is InChI=1S/C72H84F3N13O19/c1-39(90)59(86-56(92)36-78-61(98)50(28-29-57(93)94)84-68(106)70(3,4)87-60(97)49(76)33-48-35-77-38-79-48)66(103)82-52(30-41-14-8-5-9-15-41)65(102)88-71(40(2)91,72(73,74)75)69(107)85-55(37-89)64(101)81-53(34-58(95)96)63(100)80-51(31-42-20-24-46(25-21-42)44-16-10-6-11-17-44)62(99)83-54(67(104)105)32-43-22-26-47(27-23-43)45-18-12-7-13-19-45/h5-27,35,38-40,49-55,59,89-91H,28-34,36-37,76H2,1-4H3,(H,77,79)(H,78,98)(H,80,100)(H,81,101)(H,82,103)(H,83,99)(H,84,106)(H,85,107)(H,86,92)(H,87,97)(H,88,102)(H,93,94)(H,95,96)(H,104,105)/t39-,40-,49+,50+,51+,52+,53+,54+,55+,59+,71+/m1/s1. The number of aliphatic hydroxyl groups excluding tert-OH is 3. The predicted octanol–water partition coefficient (Wildman–Crippen LogP) is -0.659. The van der Waals surface area contributed by atoms with Crippen LogP contribution in [0.15, 0.2) is 152 Å². The largest absolute Gasteiger partial charge is 0.481 e. The Labute approximate surface area is 610 Å². The summed E-state index contributed by atoms with van der Waals surface area (Å²) in [5.74, 6) is -19.2. The Kier molecular flexibility index (Phi) is 30.4. The number of halogens is 3. The van der Waals surface area contributed by atoms with E-state index in [9.17, 15) is 93.0 Å². The van der Waals surface area contributed by atoms with Gasteiger partial charge in [-0.25, -0.2) is 9.78 Å². The molecule has 572 valence electrons. The number of amides is 10. The number of rotatable bonds is 39. The Morgan fingerprint density at radius 2 is 0.953 bits per heavy atom. The Bertz CT molecular complexity index is 4080. The molecular weight excluding hydrogens is 1410 g/mol. The number of aliphatic hydroxyl groups is 3. The number of benzene rings is 5. The molecule has 35 heteroatoms. The van der Waals surface area contributed by atoms with Crippen LogP contribution in [0.5, 0.6) is 0 Å². The lowest BCUT2D eigenvalue weighted by Crippen LogP contribution is -2.75. The number of aromatic nitrogens is 2. The van der Waals surface area contributed by atoms with Crippen LogP contribution in [0.2, 0.25) is 0 Å². The second kappa shape index (κ2) is 38.7. The third-order valence-electron chi connectivity index (χ3n) is 16.8. The van der Waals surface area contributed by atoms with E-state index in [0.717, 1.165) is 29.2 Å². The molecule has 0 aliphatic rings. The van der Waals surface area contributed by atoms with Gasteiger partial charge in [0.05, 0.1) is 49.8 Å². The van der Waals surface area contributed by atoms with Crippen molar-refractivity contribution in [2.45, 2.75) is 150 Å². The van der Waals surface area contributed by atoms with Gasteiger partial charge in [-0.3, -0.25) is 57.5 Å². The lowest BCUT2D eigenvalue weighted by molar-refractivity contribution is -0.221. The summed E-state index contributed by atoms with van der Waals surface area (Å²) in [6.45, 7) is 1.12. The van der Waals surface area contributed by atoms with Gasteiger partial charge >= 0.3 is 24.1 Å². The normalized spacial score (nSPS) is 14.8. The third-order valence-corrected chi connectivity index (χ3v) is 16.8. The number of nitrogens with zero attached hydrogens (tertiary/aromatic N) is 1. The number of nitrogens with one attached hydrogen (secondary N) is 11. The van der Waals surface area contributed by atoms with E-state index in [2.05, 4.69) is 47.2 Å². The van der Waals surface area contributed by atoms with Gasteiger partial charge in [0.1, 0.15) is 47.8 Å². The van der Waals surface area contributed by atoms with Crippen LogP contribution < -0.4 is 58.9 Å². The van der Waals surface area contributed by atoms with Crippen molar-refractivity contribution in [2.24, 2.45) is 5.73 Å². The van der Waals surface area contributed by atoms with Crippen LogP contribution in [0.25, 0.3) is 22.3 Å². The highest BCUT2D eigenvalue weighted by atomic mass is 19.4. The zero-order valence-corrected chi connectivity index (χ0v) is 58.2. The van der Waals surface area contributed by atoms with Crippen molar-refractivity contribution in [1.29, 1.82) is 0 Å². The van der Waals surface area contributed by atoms with Crippen LogP contribution in [-0.2, 0) is 88.0 Å². The minimum absolute atomic E-state index is 0.0407. The summed E-state index contributed by atoms with van der Waals surface area (Å²) in [6, 6.07) is 22.9. The summed E-state index contributed by atoms with van der Waals surface area (Å²) < 4.78 is 47.3. The molecule has 0 saturated heterocycles. The van der Waals surface area contributed by atoms with Crippen molar-refractivity contribution in [3.05, 3.63) is 174 Å². The van der Waals surface area contributed by atoms with Gasteiger partial charge in [0, 0.05) is 38.3 Å². The molecule has 0 aliphatic heterocycles. The van der Waals surface area contributed by atoms with E-state index in [0.29, 0.717) is 23.7 Å². The highest BCUT2D eigenvalue weighted by molar-refractivity contribution is 6.01. The van der Waals surface area contributed by atoms with Crippen LogP contribution in [0, 0.1) is 0 Å². The third kappa shape index (κ3) is 24.6. The maximum Gasteiger partial charge on any atom is 0.423 e. The molecule has 10 amide bonds. The number of alkyl halides is 3. The van der Waals surface area contributed by atoms with Crippen molar-refractivity contribution in [3.63, 3.8) is 0 Å². The minimum atomic E-state index is -6.09. The second-order valence-corrected chi connectivity index (χ2v) is 25.5. The van der Waals surface area contributed by atoms with E-state index >= 15 is 13.2 Å². The lowest BCUT2D eigenvalue weighted by atomic mass is 9.89. The van der Waals surface area contributed by atoms with E-state index in [1.165, 1.54) is 62.0 Å². The number of imidazole rings is 1. The number of aromatic amines is 1. The smallest absolute Gasteiger partial charge is 0.423 e. The van der Waals surface area contributed by atoms with Crippen molar-refractivity contribution < 1.29 is 106 Å². The van der Waals surface area contributed by atoms with E-state index < -0.39 is 200 Å².